The van der Waals surface area contributed by atoms with Gasteiger partial charge >= 0.3 is 0 Å². The molecule has 6 heteroatoms. The first-order chi connectivity index (χ1) is 12.7. The van der Waals surface area contributed by atoms with E-state index in [-0.39, 0.29) is 24.4 Å². The maximum absolute atomic E-state index is 6.20. The van der Waals surface area contributed by atoms with E-state index in [1.54, 1.807) is 14.2 Å². The molecule has 6 nitrogen and oxygen atoms in total. The van der Waals surface area contributed by atoms with Crippen LogP contribution in [0.2, 0.25) is 0 Å². The Kier molecular flexibility index (Phi) is 13.5. The standard InChI is InChI=1S/C20H40O6/c1-6-9-12-23-15-16-17(24-13-10-7-2)18(25-14-11-8-3)19(21-4)20(22-5)26-16/h16-20H,6-15H2,1-5H3/t16-,17+,18+,19+,20-/m1/s1. The zero-order chi connectivity index (χ0) is 19.2. The average molecular weight is 377 g/mol. The highest BCUT2D eigenvalue weighted by Gasteiger charge is 2.48. The van der Waals surface area contributed by atoms with Gasteiger partial charge in [-0.3, -0.25) is 0 Å². The van der Waals surface area contributed by atoms with E-state index in [4.69, 9.17) is 28.4 Å². The van der Waals surface area contributed by atoms with Crippen LogP contribution in [-0.2, 0) is 28.4 Å². The van der Waals surface area contributed by atoms with Crippen LogP contribution in [0.5, 0.6) is 0 Å². The van der Waals surface area contributed by atoms with Crippen LogP contribution in [0.3, 0.4) is 0 Å². The first kappa shape index (κ1) is 23.8. The molecule has 0 spiro atoms. The molecule has 0 aromatic carbocycles. The molecule has 0 bridgehead atoms. The van der Waals surface area contributed by atoms with Crippen LogP contribution in [0.1, 0.15) is 59.3 Å². The molecular weight excluding hydrogens is 336 g/mol. The lowest BCUT2D eigenvalue weighted by molar-refractivity contribution is -0.314. The van der Waals surface area contributed by atoms with E-state index in [0.717, 1.165) is 45.1 Å². The van der Waals surface area contributed by atoms with Crippen LogP contribution in [0.25, 0.3) is 0 Å². The molecule has 5 atom stereocenters. The fraction of sp³-hybridized carbons (Fsp3) is 1.00. The van der Waals surface area contributed by atoms with Gasteiger partial charge in [-0.1, -0.05) is 40.0 Å². The van der Waals surface area contributed by atoms with Gasteiger partial charge in [0.1, 0.15) is 24.4 Å². The van der Waals surface area contributed by atoms with Crippen LogP contribution in [0, 0.1) is 0 Å². The lowest BCUT2D eigenvalue weighted by Gasteiger charge is -2.45. The molecule has 0 aromatic rings. The van der Waals surface area contributed by atoms with Crippen molar-refractivity contribution in [1.82, 2.24) is 0 Å². The van der Waals surface area contributed by atoms with Crippen molar-refractivity contribution in [3.05, 3.63) is 0 Å². The van der Waals surface area contributed by atoms with Crippen LogP contribution in [0.4, 0.5) is 0 Å². The van der Waals surface area contributed by atoms with Gasteiger partial charge in [0.15, 0.2) is 6.29 Å². The highest BCUT2D eigenvalue weighted by atomic mass is 16.7. The molecule has 0 amide bonds. The van der Waals surface area contributed by atoms with Gasteiger partial charge in [0, 0.05) is 34.0 Å². The first-order valence-corrected chi connectivity index (χ1v) is 10.2. The summed E-state index contributed by atoms with van der Waals surface area (Å²) in [6.07, 6.45) is 4.83. The minimum atomic E-state index is -0.488. The van der Waals surface area contributed by atoms with Gasteiger partial charge in [-0.15, -0.1) is 0 Å². The van der Waals surface area contributed by atoms with E-state index in [9.17, 15) is 0 Å². The molecule has 1 aliphatic rings. The third-order valence-corrected chi connectivity index (χ3v) is 4.64. The second-order valence-corrected chi connectivity index (χ2v) is 6.79. The number of hydrogen-bond donors (Lipinski definition) is 0. The predicted molar refractivity (Wildman–Crippen MR) is 101 cm³/mol. The topological polar surface area (TPSA) is 55.4 Å². The number of ether oxygens (including phenoxy) is 6. The Morgan fingerprint density at radius 2 is 1.27 bits per heavy atom. The van der Waals surface area contributed by atoms with Crippen LogP contribution >= 0.6 is 0 Å². The molecule has 0 unspecified atom stereocenters. The summed E-state index contributed by atoms with van der Waals surface area (Å²) in [4.78, 5) is 0. The van der Waals surface area contributed by atoms with Gasteiger partial charge in [0.2, 0.25) is 0 Å². The van der Waals surface area contributed by atoms with E-state index in [1.165, 1.54) is 0 Å². The highest BCUT2D eigenvalue weighted by Crippen LogP contribution is 2.29. The molecule has 0 saturated carbocycles. The van der Waals surface area contributed by atoms with Crippen molar-refractivity contribution in [3.63, 3.8) is 0 Å². The van der Waals surface area contributed by atoms with Crippen LogP contribution in [0.15, 0.2) is 0 Å². The molecule has 0 radical (unpaired) electrons. The Hall–Kier alpha value is -0.240. The van der Waals surface area contributed by atoms with E-state index in [2.05, 4.69) is 20.8 Å². The second kappa shape index (κ2) is 14.8. The second-order valence-electron chi connectivity index (χ2n) is 6.79. The summed E-state index contributed by atoms with van der Waals surface area (Å²) in [6, 6.07) is 0. The number of hydrogen-bond acceptors (Lipinski definition) is 6. The zero-order valence-electron chi connectivity index (χ0n) is 17.4. The van der Waals surface area contributed by atoms with Crippen molar-refractivity contribution in [1.29, 1.82) is 0 Å². The third kappa shape index (κ3) is 7.79. The molecule has 156 valence electrons. The summed E-state index contributed by atoms with van der Waals surface area (Å²) >= 11 is 0. The fourth-order valence-corrected chi connectivity index (χ4v) is 3.01. The SMILES string of the molecule is CCCCOC[C@H]1O[C@@H](OC)[C@@H](OC)[C@@H](OCCCC)[C@H]1OCCCC. The van der Waals surface area contributed by atoms with Gasteiger partial charge in [-0.25, -0.2) is 0 Å². The average Bonchev–Trinajstić information content (AvgIpc) is 2.66. The first-order valence-electron chi connectivity index (χ1n) is 10.2. The molecule has 1 fully saturated rings. The van der Waals surface area contributed by atoms with E-state index < -0.39 is 6.29 Å². The van der Waals surface area contributed by atoms with Crippen molar-refractivity contribution in [2.24, 2.45) is 0 Å². The minimum absolute atomic E-state index is 0.226. The third-order valence-electron chi connectivity index (χ3n) is 4.64. The van der Waals surface area contributed by atoms with Crippen molar-refractivity contribution < 1.29 is 28.4 Å². The van der Waals surface area contributed by atoms with Crippen LogP contribution in [-0.4, -0.2) is 71.4 Å². The van der Waals surface area contributed by atoms with Crippen molar-refractivity contribution in [3.8, 4) is 0 Å². The molecule has 0 N–H and O–H groups in total. The summed E-state index contributed by atoms with van der Waals surface area (Å²) < 4.78 is 35.5. The molecule has 1 heterocycles. The number of unbranched alkanes of at least 4 members (excludes halogenated alkanes) is 3. The maximum atomic E-state index is 6.20. The van der Waals surface area contributed by atoms with Crippen molar-refractivity contribution >= 4 is 0 Å². The van der Waals surface area contributed by atoms with Crippen LogP contribution < -0.4 is 0 Å². The Bertz CT molecular complexity index is 327. The lowest BCUT2D eigenvalue weighted by atomic mass is 9.98. The van der Waals surface area contributed by atoms with Crippen molar-refractivity contribution in [2.45, 2.75) is 90.0 Å². The predicted octanol–water partition coefficient (Wildman–Crippen LogP) is 3.56. The van der Waals surface area contributed by atoms with E-state index in [0.29, 0.717) is 19.8 Å². The molecule has 1 aliphatic heterocycles. The Balaban J connectivity index is 2.84. The van der Waals surface area contributed by atoms with Crippen molar-refractivity contribution in [2.75, 3.05) is 40.6 Å². The molecule has 1 saturated heterocycles. The highest BCUT2D eigenvalue weighted by molar-refractivity contribution is 4.92. The summed E-state index contributed by atoms with van der Waals surface area (Å²) in [5, 5.41) is 0. The monoisotopic (exact) mass is 376 g/mol. The molecule has 26 heavy (non-hydrogen) atoms. The molecular formula is C20H40O6. The summed E-state index contributed by atoms with van der Waals surface area (Å²) in [7, 11) is 3.30. The van der Waals surface area contributed by atoms with E-state index in [1.807, 2.05) is 0 Å². The molecule has 0 aromatic heterocycles. The van der Waals surface area contributed by atoms with Gasteiger partial charge in [0.05, 0.1) is 6.61 Å². The Labute approximate surface area is 159 Å². The normalized spacial score (nSPS) is 29.2. The summed E-state index contributed by atoms with van der Waals surface area (Å²) in [5.41, 5.74) is 0. The Morgan fingerprint density at radius 1 is 0.692 bits per heavy atom. The number of methoxy groups -OCH3 is 2. The minimum Gasteiger partial charge on any atom is -0.379 e. The summed E-state index contributed by atoms with van der Waals surface area (Å²) in [6.45, 7) is 9.01. The molecule has 1 rings (SSSR count). The molecule has 0 aliphatic carbocycles. The van der Waals surface area contributed by atoms with Gasteiger partial charge in [-0.05, 0) is 19.3 Å². The zero-order valence-corrected chi connectivity index (χ0v) is 17.4. The van der Waals surface area contributed by atoms with Gasteiger partial charge in [0.25, 0.3) is 0 Å². The maximum Gasteiger partial charge on any atom is 0.186 e. The smallest absolute Gasteiger partial charge is 0.186 e. The Morgan fingerprint density at radius 3 is 1.81 bits per heavy atom. The number of rotatable bonds is 15. The van der Waals surface area contributed by atoms with Gasteiger partial charge in [-0.2, -0.15) is 0 Å². The quantitative estimate of drug-likeness (QED) is 0.407. The van der Waals surface area contributed by atoms with Gasteiger partial charge < -0.3 is 28.4 Å². The summed E-state index contributed by atoms with van der Waals surface area (Å²) in [5.74, 6) is 0. The fourth-order valence-electron chi connectivity index (χ4n) is 3.01. The largest absolute Gasteiger partial charge is 0.379 e. The lowest BCUT2D eigenvalue weighted by Crippen LogP contribution is -2.61. The van der Waals surface area contributed by atoms with E-state index >= 15 is 0 Å².